The maximum absolute atomic E-state index is 13.8. The Labute approximate surface area is 196 Å². The molecule has 0 spiro atoms. The molecular formula is C26H23ClFN3O2. The predicted molar refractivity (Wildman–Crippen MR) is 128 cm³/mol. The zero-order valence-corrected chi connectivity index (χ0v) is 19.1. The predicted octanol–water partition coefficient (Wildman–Crippen LogP) is 5.79. The highest BCUT2D eigenvalue weighted by Gasteiger charge is 2.27. The Morgan fingerprint density at radius 1 is 1.09 bits per heavy atom. The van der Waals surface area contributed by atoms with Crippen LogP contribution in [0.15, 0.2) is 77.6 Å². The van der Waals surface area contributed by atoms with E-state index >= 15 is 0 Å². The van der Waals surface area contributed by atoms with Crippen LogP contribution in [0.4, 0.5) is 4.39 Å². The Morgan fingerprint density at radius 2 is 1.82 bits per heavy atom. The molecule has 0 bridgehead atoms. The first kappa shape index (κ1) is 22.7. The maximum atomic E-state index is 13.8. The molecule has 1 atom stereocenters. The molecule has 0 aliphatic carbocycles. The van der Waals surface area contributed by atoms with Gasteiger partial charge in [0, 0.05) is 12.1 Å². The van der Waals surface area contributed by atoms with Crippen LogP contribution >= 0.6 is 11.6 Å². The minimum atomic E-state index is -0.589. The van der Waals surface area contributed by atoms with Gasteiger partial charge < -0.3 is 4.90 Å². The number of halogens is 2. The average molecular weight is 464 g/mol. The molecule has 3 aromatic carbocycles. The number of fused-ring (bicyclic) bond motifs is 1. The lowest BCUT2D eigenvalue weighted by atomic mass is 10.1. The lowest BCUT2D eigenvalue weighted by Gasteiger charge is -2.30. The smallest absolute Gasteiger partial charge is 0.266 e. The van der Waals surface area contributed by atoms with Gasteiger partial charge in [0.15, 0.2) is 0 Å². The van der Waals surface area contributed by atoms with Crippen molar-refractivity contribution in [3.05, 3.63) is 105 Å². The van der Waals surface area contributed by atoms with Crippen LogP contribution in [0.3, 0.4) is 0 Å². The third-order valence-electron chi connectivity index (χ3n) is 5.53. The highest BCUT2D eigenvalue weighted by atomic mass is 35.5. The van der Waals surface area contributed by atoms with Crippen molar-refractivity contribution in [2.24, 2.45) is 0 Å². The van der Waals surface area contributed by atoms with E-state index in [1.165, 1.54) is 22.8 Å². The van der Waals surface area contributed by atoms with Crippen molar-refractivity contribution in [3.8, 4) is 5.69 Å². The number of nitrogens with zero attached hydrogens (tertiary/aromatic N) is 3. The zero-order valence-electron chi connectivity index (χ0n) is 18.3. The highest BCUT2D eigenvalue weighted by molar-refractivity contribution is 6.32. The summed E-state index contributed by atoms with van der Waals surface area (Å²) in [6.07, 6.45) is 0.676. The topological polar surface area (TPSA) is 55.2 Å². The van der Waals surface area contributed by atoms with Crippen molar-refractivity contribution in [2.45, 2.75) is 26.3 Å². The number of hydrogen-bond acceptors (Lipinski definition) is 3. The van der Waals surface area contributed by atoms with Crippen molar-refractivity contribution in [3.63, 3.8) is 0 Å². The Hall–Kier alpha value is -3.51. The van der Waals surface area contributed by atoms with E-state index in [0.717, 1.165) is 0 Å². The van der Waals surface area contributed by atoms with Gasteiger partial charge in [0.2, 0.25) is 0 Å². The van der Waals surface area contributed by atoms with E-state index < -0.39 is 11.9 Å². The number of para-hydroxylation sites is 2. The van der Waals surface area contributed by atoms with E-state index in [1.807, 2.05) is 19.9 Å². The maximum Gasteiger partial charge on any atom is 0.266 e. The molecule has 0 fully saturated rings. The van der Waals surface area contributed by atoms with Gasteiger partial charge >= 0.3 is 0 Å². The molecule has 1 unspecified atom stereocenters. The SMILES string of the molecule is CCCN(C(=O)c1cccc(F)c1)C(C)c1nc2ccccc2c(=O)n1-c1ccccc1Cl. The standard InChI is InChI=1S/C26H23ClFN3O2/c1-3-15-30(25(32)18-9-8-10-19(28)16-18)17(2)24-29-22-13-6-4-11-20(22)26(33)31(24)23-14-7-5-12-21(23)27/h4-14,16-17H,3,15H2,1-2H3. The molecule has 0 aliphatic rings. The van der Waals surface area contributed by atoms with Gasteiger partial charge in [-0.25, -0.2) is 9.37 Å². The van der Waals surface area contributed by atoms with E-state index in [-0.39, 0.29) is 17.0 Å². The van der Waals surface area contributed by atoms with Crippen molar-refractivity contribution in [1.29, 1.82) is 0 Å². The van der Waals surface area contributed by atoms with Crippen LogP contribution in [0.5, 0.6) is 0 Å². The zero-order chi connectivity index (χ0) is 23.5. The largest absolute Gasteiger partial charge is 0.329 e. The molecule has 7 heteroatoms. The van der Waals surface area contributed by atoms with Crippen LogP contribution in [0.1, 0.15) is 42.5 Å². The third kappa shape index (κ3) is 4.39. The molecule has 4 rings (SSSR count). The van der Waals surface area contributed by atoms with Crippen LogP contribution in [0.2, 0.25) is 5.02 Å². The van der Waals surface area contributed by atoms with E-state index in [1.54, 1.807) is 53.4 Å². The second-order valence-corrected chi connectivity index (χ2v) is 8.17. The summed E-state index contributed by atoms with van der Waals surface area (Å²) < 4.78 is 15.3. The molecule has 0 saturated carbocycles. The molecule has 0 saturated heterocycles. The fourth-order valence-electron chi connectivity index (χ4n) is 3.93. The number of hydrogen-bond donors (Lipinski definition) is 0. The Kier molecular flexibility index (Phi) is 6.56. The first-order chi connectivity index (χ1) is 15.9. The minimum absolute atomic E-state index is 0.239. The quantitative estimate of drug-likeness (QED) is 0.363. The molecule has 33 heavy (non-hydrogen) atoms. The van der Waals surface area contributed by atoms with Crippen LogP contribution < -0.4 is 5.56 Å². The number of carbonyl (C=O) groups excluding carboxylic acids is 1. The Balaban J connectivity index is 1.93. The third-order valence-corrected chi connectivity index (χ3v) is 5.85. The molecule has 1 aromatic heterocycles. The summed E-state index contributed by atoms with van der Waals surface area (Å²) in [6, 6.07) is 19.1. The molecule has 0 radical (unpaired) electrons. The number of amides is 1. The van der Waals surface area contributed by atoms with Crippen LogP contribution in [0, 0.1) is 5.82 Å². The van der Waals surface area contributed by atoms with Crippen molar-refractivity contribution >= 4 is 28.4 Å². The summed E-state index contributed by atoms with van der Waals surface area (Å²) in [5, 5.41) is 0.843. The molecule has 1 heterocycles. The van der Waals surface area contributed by atoms with Gasteiger partial charge in [-0.05, 0) is 55.8 Å². The number of benzene rings is 3. The van der Waals surface area contributed by atoms with Gasteiger partial charge in [-0.2, -0.15) is 0 Å². The van der Waals surface area contributed by atoms with Gasteiger partial charge in [0.1, 0.15) is 11.6 Å². The van der Waals surface area contributed by atoms with E-state index in [9.17, 15) is 14.0 Å². The Morgan fingerprint density at radius 3 is 2.55 bits per heavy atom. The molecular weight excluding hydrogens is 441 g/mol. The van der Waals surface area contributed by atoms with Crippen LogP contribution in [-0.4, -0.2) is 26.9 Å². The number of aromatic nitrogens is 2. The summed E-state index contributed by atoms with van der Waals surface area (Å²) in [5.41, 5.74) is 0.981. The van der Waals surface area contributed by atoms with E-state index in [2.05, 4.69) is 0 Å². The Bertz CT molecular complexity index is 1390. The average Bonchev–Trinajstić information content (AvgIpc) is 2.82. The van der Waals surface area contributed by atoms with Gasteiger partial charge in [-0.1, -0.05) is 48.9 Å². The van der Waals surface area contributed by atoms with Gasteiger partial charge in [-0.3, -0.25) is 14.2 Å². The van der Waals surface area contributed by atoms with E-state index in [4.69, 9.17) is 16.6 Å². The molecule has 5 nitrogen and oxygen atoms in total. The summed E-state index contributed by atoms with van der Waals surface area (Å²) in [4.78, 5) is 33.4. The lowest BCUT2D eigenvalue weighted by molar-refractivity contribution is 0.0680. The monoisotopic (exact) mass is 463 g/mol. The van der Waals surface area contributed by atoms with Gasteiger partial charge in [0.05, 0.1) is 27.7 Å². The molecule has 0 N–H and O–H groups in total. The van der Waals surface area contributed by atoms with Gasteiger partial charge in [0.25, 0.3) is 11.5 Å². The number of rotatable bonds is 6. The van der Waals surface area contributed by atoms with Crippen molar-refractivity contribution in [2.75, 3.05) is 6.54 Å². The summed E-state index contributed by atoms with van der Waals surface area (Å²) in [6.45, 7) is 4.17. The second kappa shape index (κ2) is 9.55. The fourth-order valence-corrected chi connectivity index (χ4v) is 4.15. The highest BCUT2D eigenvalue weighted by Crippen LogP contribution is 2.27. The minimum Gasteiger partial charge on any atom is -0.329 e. The van der Waals surface area contributed by atoms with Gasteiger partial charge in [-0.15, -0.1) is 0 Å². The molecule has 1 amide bonds. The lowest BCUT2D eigenvalue weighted by Crippen LogP contribution is -2.38. The second-order valence-electron chi connectivity index (χ2n) is 7.76. The fraction of sp³-hybridized carbons (Fsp3) is 0.192. The first-order valence-corrected chi connectivity index (χ1v) is 11.1. The number of carbonyl (C=O) groups is 1. The van der Waals surface area contributed by atoms with Crippen LogP contribution in [0.25, 0.3) is 16.6 Å². The van der Waals surface area contributed by atoms with E-state index in [0.29, 0.717) is 40.4 Å². The molecule has 0 aliphatic heterocycles. The summed E-state index contributed by atoms with van der Waals surface area (Å²) in [7, 11) is 0. The molecule has 4 aromatic rings. The summed E-state index contributed by atoms with van der Waals surface area (Å²) in [5.74, 6) is -0.441. The first-order valence-electron chi connectivity index (χ1n) is 10.8. The molecule has 168 valence electrons. The van der Waals surface area contributed by atoms with Crippen LogP contribution in [-0.2, 0) is 0 Å². The normalized spacial score (nSPS) is 12.0. The van der Waals surface area contributed by atoms with Crippen molar-refractivity contribution in [1.82, 2.24) is 14.5 Å². The van der Waals surface area contributed by atoms with Crippen molar-refractivity contribution < 1.29 is 9.18 Å². The summed E-state index contributed by atoms with van der Waals surface area (Å²) >= 11 is 6.47.